The van der Waals surface area contributed by atoms with Gasteiger partial charge in [-0.2, -0.15) is 0 Å². The number of rotatable bonds is 4. The van der Waals surface area contributed by atoms with Crippen LogP contribution in [0.2, 0.25) is 0 Å². The Morgan fingerprint density at radius 2 is 2.05 bits per heavy atom. The Balaban J connectivity index is 2.03. The highest BCUT2D eigenvalue weighted by molar-refractivity contribution is 5.38. The molecule has 1 fully saturated rings. The van der Waals surface area contributed by atoms with Gasteiger partial charge in [0.05, 0.1) is 19.3 Å². The summed E-state index contributed by atoms with van der Waals surface area (Å²) < 4.78 is 5.31. The van der Waals surface area contributed by atoms with Crippen LogP contribution in [0.25, 0.3) is 0 Å². The number of ether oxygens (including phenoxy) is 1. The van der Waals surface area contributed by atoms with Crippen LogP contribution in [-0.2, 0) is 0 Å². The average Bonchev–Trinajstić information content (AvgIpc) is 2.41. The molecule has 1 aliphatic heterocycles. The summed E-state index contributed by atoms with van der Waals surface area (Å²) in [4.78, 5) is 2.19. The number of β-amino-alcohol motifs (C(OH)–C–C–N with tert-alkyl or cyclic N) is 1. The molecule has 106 valence electrons. The molecule has 0 spiro atoms. The molecule has 4 heteroatoms. The van der Waals surface area contributed by atoms with E-state index < -0.39 is 6.10 Å². The second kappa shape index (κ2) is 6.37. The van der Waals surface area contributed by atoms with Crippen molar-refractivity contribution < 1.29 is 14.9 Å². The van der Waals surface area contributed by atoms with Crippen molar-refractivity contribution in [3.05, 3.63) is 29.3 Å². The van der Waals surface area contributed by atoms with Crippen LogP contribution in [0.4, 0.5) is 0 Å². The third-order valence-electron chi connectivity index (χ3n) is 3.73. The molecular formula is C15H23NO3. The zero-order valence-corrected chi connectivity index (χ0v) is 11.7. The Kier molecular flexibility index (Phi) is 4.80. The number of benzene rings is 1. The highest BCUT2D eigenvalue weighted by Gasteiger charge is 2.21. The maximum absolute atomic E-state index is 10.4. The predicted molar refractivity (Wildman–Crippen MR) is 74.4 cm³/mol. The van der Waals surface area contributed by atoms with E-state index in [9.17, 15) is 10.2 Å². The molecule has 4 nitrogen and oxygen atoms in total. The minimum atomic E-state index is -0.551. The van der Waals surface area contributed by atoms with Gasteiger partial charge in [-0.05, 0) is 31.9 Å². The van der Waals surface area contributed by atoms with Crippen LogP contribution in [0.3, 0.4) is 0 Å². The van der Waals surface area contributed by atoms with Crippen LogP contribution in [0, 0.1) is 6.92 Å². The van der Waals surface area contributed by atoms with Crippen molar-refractivity contribution in [2.75, 3.05) is 26.7 Å². The van der Waals surface area contributed by atoms with E-state index >= 15 is 0 Å². The Morgan fingerprint density at radius 1 is 1.37 bits per heavy atom. The fraction of sp³-hybridized carbons (Fsp3) is 0.600. The van der Waals surface area contributed by atoms with E-state index in [0.717, 1.165) is 42.8 Å². The van der Waals surface area contributed by atoms with Crippen molar-refractivity contribution in [2.45, 2.75) is 32.0 Å². The lowest BCUT2D eigenvalue weighted by molar-refractivity contribution is 0.0501. The molecule has 1 unspecified atom stereocenters. The van der Waals surface area contributed by atoms with E-state index in [1.165, 1.54) is 0 Å². The Bertz CT molecular complexity index is 414. The van der Waals surface area contributed by atoms with Crippen LogP contribution < -0.4 is 4.74 Å². The second-order valence-corrected chi connectivity index (χ2v) is 5.29. The van der Waals surface area contributed by atoms with Crippen molar-refractivity contribution >= 4 is 0 Å². The fourth-order valence-corrected chi connectivity index (χ4v) is 2.56. The van der Waals surface area contributed by atoms with E-state index in [2.05, 4.69) is 4.90 Å². The van der Waals surface area contributed by atoms with Crippen LogP contribution in [0.1, 0.15) is 30.1 Å². The molecule has 1 heterocycles. The van der Waals surface area contributed by atoms with Crippen LogP contribution in [0.15, 0.2) is 18.2 Å². The number of aliphatic hydroxyl groups is 2. The van der Waals surface area contributed by atoms with Gasteiger partial charge < -0.3 is 19.8 Å². The SMILES string of the molecule is COc1ccc(C)cc1C(O)CN1CCC(O)CC1. The van der Waals surface area contributed by atoms with Crippen LogP contribution in [-0.4, -0.2) is 48.0 Å². The van der Waals surface area contributed by atoms with E-state index in [4.69, 9.17) is 4.74 Å². The molecule has 1 aromatic rings. The van der Waals surface area contributed by atoms with Crippen molar-refractivity contribution in [1.82, 2.24) is 4.90 Å². The molecule has 0 saturated carbocycles. The first-order valence-corrected chi connectivity index (χ1v) is 6.83. The number of nitrogens with zero attached hydrogens (tertiary/aromatic N) is 1. The normalized spacial score (nSPS) is 19.4. The first-order valence-electron chi connectivity index (χ1n) is 6.83. The van der Waals surface area contributed by atoms with Gasteiger partial charge in [-0.1, -0.05) is 11.6 Å². The number of hydrogen-bond acceptors (Lipinski definition) is 4. The van der Waals surface area contributed by atoms with Crippen molar-refractivity contribution in [2.24, 2.45) is 0 Å². The standard InChI is InChI=1S/C15H23NO3/c1-11-3-4-15(19-2)13(9-11)14(18)10-16-7-5-12(17)6-8-16/h3-4,9,12,14,17-18H,5-8,10H2,1-2H3. The zero-order valence-electron chi connectivity index (χ0n) is 11.7. The fourth-order valence-electron chi connectivity index (χ4n) is 2.56. The average molecular weight is 265 g/mol. The molecule has 0 aromatic heterocycles. The van der Waals surface area contributed by atoms with Gasteiger partial charge in [0.1, 0.15) is 5.75 Å². The molecule has 1 aliphatic rings. The number of aryl methyl sites for hydroxylation is 1. The maximum atomic E-state index is 10.4. The monoisotopic (exact) mass is 265 g/mol. The van der Waals surface area contributed by atoms with E-state index in [0.29, 0.717) is 6.54 Å². The molecule has 0 radical (unpaired) electrons. The van der Waals surface area contributed by atoms with E-state index in [-0.39, 0.29) is 6.10 Å². The molecule has 0 amide bonds. The molecule has 1 saturated heterocycles. The summed E-state index contributed by atoms with van der Waals surface area (Å²) in [5, 5.41) is 19.9. The quantitative estimate of drug-likeness (QED) is 0.866. The molecule has 2 rings (SSSR count). The van der Waals surface area contributed by atoms with Gasteiger partial charge in [0.25, 0.3) is 0 Å². The van der Waals surface area contributed by atoms with Gasteiger partial charge in [-0.3, -0.25) is 0 Å². The lowest BCUT2D eigenvalue weighted by Crippen LogP contribution is -2.38. The number of methoxy groups -OCH3 is 1. The minimum Gasteiger partial charge on any atom is -0.496 e. The molecule has 1 aromatic carbocycles. The third-order valence-corrected chi connectivity index (χ3v) is 3.73. The minimum absolute atomic E-state index is 0.179. The summed E-state index contributed by atoms with van der Waals surface area (Å²) >= 11 is 0. The summed E-state index contributed by atoms with van der Waals surface area (Å²) in [6.45, 7) is 4.28. The van der Waals surface area contributed by atoms with E-state index in [1.807, 2.05) is 25.1 Å². The lowest BCUT2D eigenvalue weighted by atomic mass is 10.0. The Labute approximate surface area is 114 Å². The zero-order chi connectivity index (χ0) is 13.8. The first kappa shape index (κ1) is 14.3. The highest BCUT2D eigenvalue weighted by atomic mass is 16.5. The summed E-state index contributed by atoms with van der Waals surface area (Å²) in [5.74, 6) is 0.732. The second-order valence-electron chi connectivity index (χ2n) is 5.29. The number of piperidine rings is 1. The Hall–Kier alpha value is -1.10. The first-order chi connectivity index (χ1) is 9.10. The molecule has 0 aliphatic carbocycles. The van der Waals surface area contributed by atoms with Gasteiger partial charge in [0.2, 0.25) is 0 Å². The Morgan fingerprint density at radius 3 is 2.68 bits per heavy atom. The lowest BCUT2D eigenvalue weighted by Gasteiger charge is -2.31. The van der Waals surface area contributed by atoms with Gasteiger partial charge in [0.15, 0.2) is 0 Å². The smallest absolute Gasteiger partial charge is 0.124 e. The van der Waals surface area contributed by atoms with Crippen LogP contribution in [0.5, 0.6) is 5.75 Å². The largest absolute Gasteiger partial charge is 0.496 e. The summed E-state index contributed by atoms with van der Waals surface area (Å²) in [5.41, 5.74) is 1.96. The van der Waals surface area contributed by atoms with Gasteiger partial charge in [-0.15, -0.1) is 0 Å². The van der Waals surface area contributed by atoms with Crippen molar-refractivity contribution in [3.63, 3.8) is 0 Å². The summed E-state index contributed by atoms with van der Waals surface area (Å²) in [6.07, 6.45) is 0.849. The maximum Gasteiger partial charge on any atom is 0.124 e. The van der Waals surface area contributed by atoms with Crippen molar-refractivity contribution in [1.29, 1.82) is 0 Å². The third kappa shape index (κ3) is 3.69. The molecule has 0 bridgehead atoms. The summed E-state index contributed by atoms with van der Waals surface area (Å²) in [6, 6.07) is 5.85. The van der Waals surface area contributed by atoms with Crippen LogP contribution >= 0.6 is 0 Å². The molecular weight excluding hydrogens is 242 g/mol. The topological polar surface area (TPSA) is 52.9 Å². The number of likely N-dealkylation sites (tertiary alicyclic amines) is 1. The molecule has 1 atom stereocenters. The highest BCUT2D eigenvalue weighted by Crippen LogP contribution is 2.27. The number of hydrogen-bond donors (Lipinski definition) is 2. The van der Waals surface area contributed by atoms with E-state index in [1.54, 1.807) is 7.11 Å². The molecule has 19 heavy (non-hydrogen) atoms. The predicted octanol–water partition coefficient (Wildman–Crippen LogP) is 1.49. The van der Waals surface area contributed by atoms with Gasteiger partial charge in [0, 0.05) is 25.2 Å². The van der Waals surface area contributed by atoms with Crippen molar-refractivity contribution in [3.8, 4) is 5.75 Å². The number of aliphatic hydroxyl groups excluding tert-OH is 2. The summed E-state index contributed by atoms with van der Waals surface area (Å²) in [7, 11) is 1.62. The van der Waals surface area contributed by atoms with Gasteiger partial charge >= 0.3 is 0 Å². The van der Waals surface area contributed by atoms with Gasteiger partial charge in [-0.25, -0.2) is 0 Å². The molecule has 2 N–H and O–H groups in total.